The van der Waals surface area contributed by atoms with E-state index in [0.717, 1.165) is 28.5 Å². The van der Waals surface area contributed by atoms with Gasteiger partial charge in [-0.3, -0.25) is 4.79 Å². The van der Waals surface area contributed by atoms with E-state index in [0.29, 0.717) is 11.4 Å². The predicted molar refractivity (Wildman–Crippen MR) is 74.7 cm³/mol. The minimum atomic E-state index is -0.887. The van der Waals surface area contributed by atoms with Crippen LogP contribution >= 0.6 is 11.6 Å². The van der Waals surface area contributed by atoms with Crippen molar-refractivity contribution in [2.24, 2.45) is 0 Å². The van der Waals surface area contributed by atoms with Crippen LogP contribution in [0, 0.1) is 6.92 Å². The lowest BCUT2D eigenvalue weighted by molar-refractivity contribution is -0.137. The van der Waals surface area contributed by atoms with Crippen LogP contribution in [0.1, 0.15) is 17.5 Å². The number of hydrogen-bond donors (Lipinski definition) is 2. The fraction of sp³-hybridized carbons (Fsp3) is 0.357. The zero-order valence-corrected chi connectivity index (χ0v) is 11.4. The van der Waals surface area contributed by atoms with E-state index >= 15 is 0 Å². The molecule has 1 aromatic heterocycles. The number of benzene rings is 1. The molecule has 0 spiro atoms. The number of nitrogens with zero attached hydrogens (tertiary/aromatic N) is 1. The van der Waals surface area contributed by atoms with Crippen LogP contribution in [0.3, 0.4) is 0 Å². The Hall–Kier alpha value is -1.52. The van der Waals surface area contributed by atoms with Gasteiger partial charge in [0.25, 0.3) is 0 Å². The standard InChI is InChI=1S/C14H16ClNO3/c1-9-5-11-10(3-2-4-17)7-16(8-14(18)19)13(11)6-12(9)15/h5-7,17H,2-4,8H2,1H3,(H,18,19). The van der Waals surface area contributed by atoms with Crippen molar-refractivity contribution in [1.82, 2.24) is 4.57 Å². The molecule has 0 amide bonds. The van der Waals surface area contributed by atoms with Crippen LogP contribution in [0.4, 0.5) is 0 Å². The lowest BCUT2D eigenvalue weighted by atomic mass is 10.1. The third kappa shape index (κ3) is 2.91. The van der Waals surface area contributed by atoms with Crippen molar-refractivity contribution in [3.63, 3.8) is 0 Å². The van der Waals surface area contributed by atoms with Gasteiger partial charge in [0.1, 0.15) is 6.54 Å². The minimum Gasteiger partial charge on any atom is -0.480 e. The fourth-order valence-electron chi connectivity index (χ4n) is 2.24. The second kappa shape index (κ2) is 5.63. The molecule has 0 saturated heterocycles. The molecule has 0 aliphatic carbocycles. The first kappa shape index (κ1) is 13.9. The molecule has 0 saturated carbocycles. The zero-order chi connectivity index (χ0) is 14.0. The number of aliphatic hydroxyl groups is 1. The largest absolute Gasteiger partial charge is 0.480 e. The molecule has 0 unspecified atom stereocenters. The molecule has 19 heavy (non-hydrogen) atoms. The molecule has 2 aromatic rings. The Morgan fingerprint density at radius 3 is 2.79 bits per heavy atom. The highest BCUT2D eigenvalue weighted by Gasteiger charge is 2.12. The Morgan fingerprint density at radius 1 is 1.42 bits per heavy atom. The number of carboxylic acid groups (broad SMARTS) is 1. The van der Waals surface area contributed by atoms with Crippen molar-refractivity contribution in [1.29, 1.82) is 0 Å². The van der Waals surface area contributed by atoms with Crippen LogP contribution in [-0.4, -0.2) is 27.4 Å². The van der Waals surface area contributed by atoms with E-state index in [1.807, 2.05) is 19.2 Å². The summed E-state index contributed by atoms with van der Waals surface area (Å²) in [6.45, 7) is 1.96. The monoisotopic (exact) mass is 281 g/mol. The van der Waals surface area contributed by atoms with Crippen molar-refractivity contribution in [2.45, 2.75) is 26.3 Å². The third-order valence-electron chi connectivity index (χ3n) is 3.15. The molecule has 0 radical (unpaired) electrons. The second-order valence-electron chi connectivity index (χ2n) is 4.62. The first-order valence-electron chi connectivity index (χ1n) is 6.13. The van der Waals surface area contributed by atoms with Crippen LogP contribution < -0.4 is 0 Å². The Bertz CT molecular complexity index is 619. The topological polar surface area (TPSA) is 62.5 Å². The van der Waals surface area contributed by atoms with Gasteiger partial charge in [-0.15, -0.1) is 0 Å². The number of aliphatic hydroxyl groups excluding tert-OH is 1. The average molecular weight is 282 g/mol. The molecule has 4 nitrogen and oxygen atoms in total. The smallest absolute Gasteiger partial charge is 0.323 e. The average Bonchev–Trinajstić information content (AvgIpc) is 2.65. The number of aromatic nitrogens is 1. The van der Waals surface area contributed by atoms with E-state index in [4.69, 9.17) is 21.8 Å². The highest BCUT2D eigenvalue weighted by molar-refractivity contribution is 6.32. The summed E-state index contributed by atoms with van der Waals surface area (Å²) in [5.74, 6) is -0.887. The van der Waals surface area contributed by atoms with Gasteiger partial charge in [0.2, 0.25) is 0 Å². The van der Waals surface area contributed by atoms with Crippen LogP contribution in [0.5, 0.6) is 0 Å². The number of hydrogen-bond acceptors (Lipinski definition) is 2. The van der Waals surface area contributed by atoms with E-state index in [1.54, 1.807) is 10.6 Å². The SMILES string of the molecule is Cc1cc2c(CCCO)cn(CC(=O)O)c2cc1Cl. The Balaban J connectivity index is 2.55. The quantitative estimate of drug-likeness (QED) is 0.885. The zero-order valence-electron chi connectivity index (χ0n) is 10.7. The van der Waals surface area contributed by atoms with Crippen molar-refractivity contribution >= 4 is 28.5 Å². The van der Waals surface area contributed by atoms with Crippen LogP contribution in [0.15, 0.2) is 18.3 Å². The van der Waals surface area contributed by atoms with E-state index < -0.39 is 5.97 Å². The van der Waals surface area contributed by atoms with Gasteiger partial charge in [0, 0.05) is 23.2 Å². The summed E-state index contributed by atoms with van der Waals surface area (Å²) < 4.78 is 1.69. The second-order valence-corrected chi connectivity index (χ2v) is 5.03. The maximum absolute atomic E-state index is 10.9. The summed E-state index contributed by atoms with van der Waals surface area (Å²) in [6, 6.07) is 3.78. The molecule has 102 valence electrons. The summed E-state index contributed by atoms with van der Waals surface area (Å²) >= 11 is 6.11. The van der Waals surface area contributed by atoms with Crippen molar-refractivity contribution in [3.05, 3.63) is 34.5 Å². The molecule has 0 fully saturated rings. The predicted octanol–water partition coefficient (Wildman–Crippen LogP) is 2.61. The molecular formula is C14H16ClNO3. The summed E-state index contributed by atoms with van der Waals surface area (Å²) in [5.41, 5.74) is 2.84. The third-order valence-corrected chi connectivity index (χ3v) is 3.56. The van der Waals surface area contributed by atoms with Gasteiger partial charge in [-0.05, 0) is 43.0 Å². The van der Waals surface area contributed by atoms with E-state index in [-0.39, 0.29) is 13.2 Å². The van der Waals surface area contributed by atoms with Crippen LogP contribution in [0.25, 0.3) is 10.9 Å². The van der Waals surface area contributed by atoms with Gasteiger partial charge >= 0.3 is 5.97 Å². The van der Waals surface area contributed by atoms with Gasteiger partial charge < -0.3 is 14.8 Å². The summed E-state index contributed by atoms with van der Waals surface area (Å²) in [4.78, 5) is 10.9. The van der Waals surface area contributed by atoms with Gasteiger partial charge in [0.15, 0.2) is 0 Å². The normalized spacial score (nSPS) is 11.1. The molecular weight excluding hydrogens is 266 g/mol. The molecule has 0 aliphatic heterocycles. The number of aliphatic carboxylic acids is 1. The van der Waals surface area contributed by atoms with Gasteiger partial charge in [-0.1, -0.05) is 11.6 Å². The molecule has 0 atom stereocenters. The van der Waals surface area contributed by atoms with E-state index in [9.17, 15) is 4.79 Å². The lowest BCUT2D eigenvalue weighted by Gasteiger charge is -2.03. The Morgan fingerprint density at radius 2 is 2.16 bits per heavy atom. The number of rotatable bonds is 5. The van der Waals surface area contributed by atoms with Crippen LogP contribution in [-0.2, 0) is 17.8 Å². The summed E-state index contributed by atoms with van der Waals surface area (Å²) in [5, 5.41) is 19.5. The summed E-state index contributed by atoms with van der Waals surface area (Å²) in [6.07, 6.45) is 3.22. The lowest BCUT2D eigenvalue weighted by Crippen LogP contribution is -2.07. The fourth-order valence-corrected chi connectivity index (χ4v) is 2.40. The number of aryl methyl sites for hydroxylation is 2. The van der Waals surface area contributed by atoms with Gasteiger partial charge in [0.05, 0.1) is 5.52 Å². The highest BCUT2D eigenvalue weighted by atomic mass is 35.5. The maximum atomic E-state index is 10.9. The van der Waals surface area contributed by atoms with Gasteiger partial charge in [-0.2, -0.15) is 0 Å². The van der Waals surface area contributed by atoms with E-state index in [2.05, 4.69) is 0 Å². The molecule has 5 heteroatoms. The molecule has 1 aromatic carbocycles. The molecule has 1 heterocycles. The van der Waals surface area contributed by atoms with Crippen molar-refractivity contribution < 1.29 is 15.0 Å². The number of carboxylic acids is 1. The molecule has 2 rings (SSSR count). The Kier molecular flexibility index (Phi) is 4.12. The maximum Gasteiger partial charge on any atom is 0.323 e. The van der Waals surface area contributed by atoms with E-state index in [1.165, 1.54) is 0 Å². The first-order valence-corrected chi connectivity index (χ1v) is 6.51. The molecule has 0 bridgehead atoms. The van der Waals surface area contributed by atoms with Crippen molar-refractivity contribution in [3.8, 4) is 0 Å². The highest BCUT2D eigenvalue weighted by Crippen LogP contribution is 2.28. The number of fused-ring (bicyclic) bond motifs is 1. The van der Waals surface area contributed by atoms with Crippen LogP contribution in [0.2, 0.25) is 5.02 Å². The Labute approximate surface area is 116 Å². The molecule has 0 aliphatic rings. The summed E-state index contributed by atoms with van der Waals surface area (Å²) in [7, 11) is 0. The minimum absolute atomic E-state index is 0.0883. The number of carbonyl (C=O) groups is 1. The van der Waals surface area contributed by atoms with Gasteiger partial charge in [-0.25, -0.2) is 0 Å². The number of halogens is 1. The van der Waals surface area contributed by atoms with Crippen molar-refractivity contribution in [2.75, 3.05) is 6.61 Å². The molecule has 2 N–H and O–H groups in total. The first-order chi connectivity index (χ1) is 9.02.